The average Bonchev–Trinajstić information content (AvgIpc) is 1.43. The van der Waals surface area contributed by atoms with E-state index in [1.54, 1.807) is 0 Å². The van der Waals surface area contributed by atoms with Crippen LogP contribution in [0.4, 0.5) is 8.78 Å². The molecule has 0 saturated heterocycles. The summed E-state index contributed by atoms with van der Waals surface area (Å²) in [5.41, 5.74) is 0. The topological polar surface area (TPSA) is 0 Å². The highest BCUT2D eigenvalue weighted by Gasteiger charge is 2.44. The Bertz CT molecular complexity index is 151. The van der Waals surface area contributed by atoms with Crippen molar-refractivity contribution < 1.29 is 8.78 Å². The molecule has 0 aromatic heterocycles. The molecule has 80 valence electrons. The van der Waals surface area contributed by atoms with Crippen molar-refractivity contribution in [1.82, 2.24) is 0 Å². The average molecular weight is 315 g/mol. The van der Waals surface area contributed by atoms with Gasteiger partial charge in [-0.05, 0) is 0 Å². The first kappa shape index (κ1) is 14.6. The lowest BCUT2D eigenvalue weighted by Gasteiger charge is -2.23. The van der Waals surface area contributed by atoms with Crippen molar-refractivity contribution in [2.24, 2.45) is 0 Å². The number of rotatable bonds is 2. The summed E-state index contributed by atoms with van der Waals surface area (Å²) in [7, 11) is 0. The first-order valence-electron chi connectivity index (χ1n) is 2.93. The van der Waals surface area contributed by atoms with Crippen LogP contribution in [0.1, 0.15) is 12.8 Å². The molecule has 0 aliphatic rings. The predicted octanol–water partition coefficient (Wildman–Crippen LogP) is 5.14. The lowest BCUT2D eigenvalue weighted by atomic mass is 10.2. The van der Waals surface area contributed by atoms with Gasteiger partial charge in [-0.1, -0.05) is 69.6 Å². The first-order chi connectivity index (χ1) is 5.41. The molecule has 0 spiro atoms. The highest BCUT2D eigenvalue weighted by Crippen LogP contribution is 2.45. The third-order valence-electron chi connectivity index (χ3n) is 0.918. The normalized spacial score (nSPS) is 14.8. The molecule has 0 atom stereocenters. The predicted molar refractivity (Wildman–Crippen MR) is 54.8 cm³/mol. The Balaban J connectivity index is 4.25. The van der Waals surface area contributed by atoms with Crippen LogP contribution >= 0.6 is 69.6 Å². The molecule has 0 fully saturated rings. The minimum absolute atomic E-state index is 0.988. The van der Waals surface area contributed by atoms with Crippen LogP contribution in [0.2, 0.25) is 0 Å². The summed E-state index contributed by atoms with van der Waals surface area (Å²) in [6.45, 7) is 0. The maximum absolute atomic E-state index is 12.9. The standard InChI is InChI=1S/C5H4Cl6F2/c6-4(7,8)1-3(12,13)2-5(9,10)11/h1-2H2. The van der Waals surface area contributed by atoms with Crippen molar-refractivity contribution in [2.45, 2.75) is 26.3 Å². The Morgan fingerprint density at radius 2 is 0.923 bits per heavy atom. The van der Waals surface area contributed by atoms with E-state index in [2.05, 4.69) is 0 Å². The van der Waals surface area contributed by atoms with Crippen LogP contribution in [-0.2, 0) is 0 Å². The van der Waals surface area contributed by atoms with E-state index in [1.807, 2.05) is 0 Å². The molecular formula is C5H4Cl6F2. The Hall–Kier alpha value is 1.60. The van der Waals surface area contributed by atoms with Crippen LogP contribution < -0.4 is 0 Å². The van der Waals surface area contributed by atoms with E-state index in [4.69, 9.17) is 69.6 Å². The number of hydrogen-bond donors (Lipinski definition) is 0. The Morgan fingerprint density at radius 3 is 1.08 bits per heavy atom. The van der Waals surface area contributed by atoms with Gasteiger partial charge in [-0.3, -0.25) is 0 Å². The largest absolute Gasteiger partial charge is 0.256 e. The van der Waals surface area contributed by atoms with Gasteiger partial charge < -0.3 is 0 Å². The molecule has 0 unspecified atom stereocenters. The Labute approximate surface area is 104 Å². The zero-order valence-electron chi connectivity index (χ0n) is 5.94. The number of alkyl halides is 8. The monoisotopic (exact) mass is 312 g/mol. The van der Waals surface area contributed by atoms with Gasteiger partial charge in [0.15, 0.2) is 7.59 Å². The second kappa shape index (κ2) is 4.63. The van der Waals surface area contributed by atoms with Gasteiger partial charge in [0.05, 0.1) is 12.8 Å². The fourth-order valence-electron chi connectivity index (χ4n) is 0.649. The molecule has 0 radical (unpaired) electrons. The lowest BCUT2D eigenvalue weighted by molar-refractivity contribution is -0.0136. The molecule has 0 rings (SSSR count). The van der Waals surface area contributed by atoms with Crippen LogP contribution in [0.15, 0.2) is 0 Å². The minimum Gasteiger partial charge on any atom is -0.207 e. The molecule has 0 saturated carbocycles. The third-order valence-corrected chi connectivity index (χ3v) is 1.72. The molecule has 0 heterocycles. The van der Waals surface area contributed by atoms with Crippen molar-refractivity contribution in [1.29, 1.82) is 0 Å². The Kier molecular flexibility index (Phi) is 5.20. The van der Waals surface area contributed by atoms with Gasteiger partial charge in [-0.15, -0.1) is 0 Å². The molecule has 8 heteroatoms. The molecule has 13 heavy (non-hydrogen) atoms. The van der Waals surface area contributed by atoms with Gasteiger partial charge in [-0.2, -0.15) is 0 Å². The SMILES string of the molecule is FC(F)(CC(Cl)(Cl)Cl)CC(Cl)(Cl)Cl. The second-order valence-corrected chi connectivity index (χ2v) is 7.47. The quantitative estimate of drug-likeness (QED) is 0.619. The molecule has 0 aromatic carbocycles. The maximum atomic E-state index is 12.9. The summed E-state index contributed by atoms with van der Waals surface area (Å²) in [4.78, 5) is 0. The molecule has 0 N–H and O–H groups in total. The molecule has 0 bridgehead atoms. The molecule has 0 amide bonds. The highest BCUT2D eigenvalue weighted by atomic mass is 35.6. The number of hydrogen-bond acceptors (Lipinski definition) is 0. The number of halogens is 8. The lowest BCUT2D eigenvalue weighted by Crippen LogP contribution is -2.28. The summed E-state index contributed by atoms with van der Waals surface area (Å²) in [5.74, 6) is -3.32. The van der Waals surface area contributed by atoms with Crippen molar-refractivity contribution in [3.8, 4) is 0 Å². The summed E-state index contributed by atoms with van der Waals surface area (Å²) >= 11 is 31.0. The van der Waals surface area contributed by atoms with Crippen LogP contribution in [0.5, 0.6) is 0 Å². The van der Waals surface area contributed by atoms with Crippen LogP contribution in [0.25, 0.3) is 0 Å². The zero-order chi connectivity index (χ0) is 10.9. The van der Waals surface area contributed by atoms with Crippen LogP contribution in [0, 0.1) is 0 Å². The van der Waals surface area contributed by atoms with Gasteiger partial charge in [0.2, 0.25) is 0 Å². The molecule has 0 aliphatic heterocycles. The highest BCUT2D eigenvalue weighted by molar-refractivity contribution is 6.68. The van der Waals surface area contributed by atoms with E-state index >= 15 is 0 Å². The summed E-state index contributed by atoms with van der Waals surface area (Å²) < 4.78 is 21.7. The van der Waals surface area contributed by atoms with E-state index in [1.165, 1.54) is 0 Å². The Morgan fingerprint density at radius 1 is 0.692 bits per heavy atom. The third kappa shape index (κ3) is 9.89. The van der Waals surface area contributed by atoms with E-state index in [-0.39, 0.29) is 0 Å². The maximum Gasteiger partial charge on any atom is 0.256 e. The fraction of sp³-hybridized carbons (Fsp3) is 1.00. The van der Waals surface area contributed by atoms with E-state index in [9.17, 15) is 8.78 Å². The summed E-state index contributed by atoms with van der Waals surface area (Å²) in [5, 5.41) is 0. The molecule has 0 aromatic rings. The summed E-state index contributed by atoms with van der Waals surface area (Å²) in [6.07, 6.45) is -1.98. The van der Waals surface area contributed by atoms with E-state index < -0.39 is 26.3 Å². The second-order valence-electron chi connectivity index (χ2n) is 2.44. The molecular weight excluding hydrogens is 311 g/mol. The van der Waals surface area contributed by atoms with Gasteiger partial charge in [0.25, 0.3) is 5.92 Å². The van der Waals surface area contributed by atoms with Crippen molar-refractivity contribution in [3.05, 3.63) is 0 Å². The van der Waals surface area contributed by atoms with Gasteiger partial charge >= 0.3 is 0 Å². The fourth-order valence-corrected chi connectivity index (χ4v) is 1.82. The van der Waals surface area contributed by atoms with Crippen LogP contribution in [0.3, 0.4) is 0 Å². The minimum atomic E-state index is -3.32. The van der Waals surface area contributed by atoms with Crippen LogP contribution in [-0.4, -0.2) is 13.5 Å². The van der Waals surface area contributed by atoms with Gasteiger partial charge in [-0.25, -0.2) is 8.78 Å². The summed E-state index contributed by atoms with van der Waals surface area (Å²) in [6, 6.07) is 0. The first-order valence-corrected chi connectivity index (χ1v) is 5.19. The molecule has 0 aliphatic carbocycles. The van der Waals surface area contributed by atoms with Crippen molar-refractivity contribution >= 4 is 69.6 Å². The van der Waals surface area contributed by atoms with Crippen molar-refractivity contribution in [2.75, 3.05) is 0 Å². The smallest absolute Gasteiger partial charge is 0.207 e. The van der Waals surface area contributed by atoms with Gasteiger partial charge in [0, 0.05) is 0 Å². The van der Waals surface area contributed by atoms with E-state index in [0.717, 1.165) is 0 Å². The zero-order valence-corrected chi connectivity index (χ0v) is 10.5. The van der Waals surface area contributed by atoms with Gasteiger partial charge in [0.1, 0.15) is 0 Å². The molecule has 0 nitrogen and oxygen atoms in total. The van der Waals surface area contributed by atoms with Crippen molar-refractivity contribution in [3.63, 3.8) is 0 Å². The van der Waals surface area contributed by atoms with E-state index in [0.29, 0.717) is 0 Å².